The Morgan fingerprint density at radius 2 is 1.93 bits per heavy atom. The van der Waals surface area contributed by atoms with Crippen molar-refractivity contribution in [2.24, 2.45) is 5.73 Å². The second-order valence-corrected chi connectivity index (χ2v) is 7.57. The number of carbonyl (C=O) groups is 3. The number of fused-ring (bicyclic) bond motifs is 1. The van der Waals surface area contributed by atoms with Gasteiger partial charge in [-0.05, 0) is 37.0 Å². The van der Waals surface area contributed by atoms with Gasteiger partial charge in [-0.2, -0.15) is 11.8 Å². The number of para-hydroxylation sites is 1. The van der Waals surface area contributed by atoms with E-state index in [9.17, 15) is 19.5 Å². The molecule has 2 aromatic rings. The minimum absolute atomic E-state index is 0.124. The number of aromatic nitrogens is 1. The van der Waals surface area contributed by atoms with Crippen molar-refractivity contribution in [3.63, 3.8) is 0 Å². The lowest BCUT2D eigenvalue weighted by Crippen LogP contribution is -2.53. The van der Waals surface area contributed by atoms with E-state index in [1.165, 1.54) is 6.92 Å². The minimum Gasteiger partial charge on any atom is -0.480 e. The highest BCUT2D eigenvalue weighted by molar-refractivity contribution is 7.98. The Hall–Kier alpha value is -2.52. The average molecular weight is 407 g/mol. The van der Waals surface area contributed by atoms with Gasteiger partial charge in [0.2, 0.25) is 11.8 Å². The highest BCUT2D eigenvalue weighted by Crippen LogP contribution is 2.19. The van der Waals surface area contributed by atoms with Crippen molar-refractivity contribution < 1.29 is 19.5 Å². The van der Waals surface area contributed by atoms with E-state index in [0.29, 0.717) is 6.42 Å². The van der Waals surface area contributed by atoms with Crippen molar-refractivity contribution in [1.82, 2.24) is 15.6 Å². The van der Waals surface area contributed by atoms with Gasteiger partial charge in [-0.3, -0.25) is 9.59 Å². The van der Waals surface area contributed by atoms with Crippen molar-refractivity contribution in [2.45, 2.75) is 37.9 Å². The van der Waals surface area contributed by atoms with Gasteiger partial charge in [0, 0.05) is 23.5 Å². The summed E-state index contributed by atoms with van der Waals surface area (Å²) in [5.74, 6) is -1.41. The molecule has 152 valence electrons. The molecule has 2 rings (SSSR count). The van der Waals surface area contributed by atoms with Gasteiger partial charge in [0.15, 0.2) is 0 Å². The first-order valence-electron chi connectivity index (χ1n) is 8.96. The van der Waals surface area contributed by atoms with Crippen LogP contribution in [0.3, 0.4) is 0 Å². The number of aliphatic carboxylic acids is 1. The number of thioether (sulfide) groups is 1. The number of carboxylic acid groups (broad SMARTS) is 1. The van der Waals surface area contributed by atoms with E-state index < -0.39 is 35.9 Å². The third kappa shape index (κ3) is 5.74. The van der Waals surface area contributed by atoms with E-state index in [-0.39, 0.29) is 6.42 Å². The molecule has 0 saturated heterocycles. The first-order chi connectivity index (χ1) is 13.3. The molecule has 2 amide bonds. The molecule has 1 aromatic heterocycles. The summed E-state index contributed by atoms with van der Waals surface area (Å²) in [4.78, 5) is 39.1. The standard InChI is InChI=1S/C19H26N4O4S/c1-11(22-18(25)14(20)7-8-28-2)17(24)23-16(19(26)27)9-12-10-21-15-6-4-3-5-13(12)15/h3-6,10-11,14,16,21H,7-9,20H2,1-2H3,(H,22,25)(H,23,24)(H,26,27)/t11-,14-,16-/m0/s1. The van der Waals surface area contributed by atoms with Crippen molar-refractivity contribution in [2.75, 3.05) is 12.0 Å². The largest absolute Gasteiger partial charge is 0.480 e. The molecule has 0 unspecified atom stereocenters. The summed E-state index contributed by atoms with van der Waals surface area (Å²) in [6.45, 7) is 1.50. The van der Waals surface area contributed by atoms with Crippen LogP contribution >= 0.6 is 11.8 Å². The maximum atomic E-state index is 12.4. The van der Waals surface area contributed by atoms with Gasteiger partial charge in [-0.15, -0.1) is 0 Å². The summed E-state index contributed by atoms with van der Waals surface area (Å²) in [6.07, 6.45) is 4.28. The van der Waals surface area contributed by atoms with Gasteiger partial charge < -0.3 is 26.5 Å². The fraction of sp³-hybridized carbons (Fsp3) is 0.421. The first kappa shape index (κ1) is 21.8. The van der Waals surface area contributed by atoms with Crippen molar-refractivity contribution >= 4 is 40.4 Å². The van der Waals surface area contributed by atoms with Gasteiger partial charge in [0.05, 0.1) is 6.04 Å². The zero-order valence-corrected chi connectivity index (χ0v) is 16.7. The van der Waals surface area contributed by atoms with Gasteiger partial charge in [-0.25, -0.2) is 4.79 Å². The third-order valence-corrected chi connectivity index (χ3v) is 5.08. The summed E-state index contributed by atoms with van der Waals surface area (Å²) in [7, 11) is 0. The summed E-state index contributed by atoms with van der Waals surface area (Å²) in [5, 5.41) is 15.4. The Labute approximate surface area is 167 Å². The number of rotatable bonds is 10. The second-order valence-electron chi connectivity index (χ2n) is 6.58. The number of carbonyl (C=O) groups excluding carboxylic acids is 2. The molecule has 6 N–H and O–H groups in total. The van der Waals surface area contributed by atoms with Crippen LogP contribution in [-0.4, -0.2) is 58.0 Å². The van der Waals surface area contributed by atoms with Gasteiger partial charge in [0.25, 0.3) is 0 Å². The van der Waals surface area contributed by atoms with E-state index in [4.69, 9.17) is 5.73 Å². The van der Waals surface area contributed by atoms with Crippen LogP contribution in [0, 0.1) is 0 Å². The van der Waals surface area contributed by atoms with Crippen molar-refractivity contribution in [3.05, 3.63) is 36.0 Å². The lowest BCUT2D eigenvalue weighted by molar-refractivity contribution is -0.142. The lowest BCUT2D eigenvalue weighted by Gasteiger charge is -2.20. The van der Waals surface area contributed by atoms with Crippen LogP contribution in [-0.2, 0) is 20.8 Å². The van der Waals surface area contributed by atoms with Crippen molar-refractivity contribution in [1.29, 1.82) is 0 Å². The SMILES string of the molecule is CSCC[C@H](N)C(=O)N[C@@H](C)C(=O)N[C@@H](Cc1c[nH]c2ccccc12)C(=O)O. The zero-order chi connectivity index (χ0) is 20.7. The monoisotopic (exact) mass is 406 g/mol. The normalized spacial score (nSPS) is 14.2. The molecule has 0 bridgehead atoms. The number of hydrogen-bond acceptors (Lipinski definition) is 5. The Morgan fingerprint density at radius 3 is 2.61 bits per heavy atom. The Bertz CT molecular complexity index is 838. The third-order valence-electron chi connectivity index (χ3n) is 4.44. The lowest BCUT2D eigenvalue weighted by atomic mass is 10.0. The van der Waals surface area contributed by atoms with Gasteiger partial charge in [-0.1, -0.05) is 18.2 Å². The Kier molecular flexibility index (Phi) is 7.89. The molecular formula is C19H26N4O4S. The molecule has 0 aliphatic carbocycles. The smallest absolute Gasteiger partial charge is 0.326 e. The average Bonchev–Trinajstić information content (AvgIpc) is 3.08. The summed E-state index contributed by atoms with van der Waals surface area (Å²) < 4.78 is 0. The molecule has 0 aliphatic rings. The number of benzene rings is 1. The molecule has 0 fully saturated rings. The molecule has 0 saturated carbocycles. The van der Waals surface area contributed by atoms with E-state index in [2.05, 4.69) is 15.6 Å². The highest BCUT2D eigenvalue weighted by Gasteiger charge is 2.26. The fourth-order valence-electron chi connectivity index (χ4n) is 2.78. The van der Waals surface area contributed by atoms with E-state index >= 15 is 0 Å². The van der Waals surface area contributed by atoms with Crippen LogP contribution in [0.4, 0.5) is 0 Å². The molecule has 3 atom stereocenters. The number of aromatic amines is 1. The number of H-pyrrole nitrogens is 1. The summed E-state index contributed by atoms with van der Waals surface area (Å²) in [5.41, 5.74) is 7.48. The van der Waals surface area contributed by atoms with Crippen LogP contribution < -0.4 is 16.4 Å². The maximum absolute atomic E-state index is 12.4. The molecule has 1 heterocycles. The minimum atomic E-state index is -1.14. The predicted octanol–water partition coefficient (Wildman–Crippen LogP) is 0.865. The number of amides is 2. The fourth-order valence-corrected chi connectivity index (χ4v) is 3.27. The highest BCUT2D eigenvalue weighted by atomic mass is 32.2. The molecule has 0 spiro atoms. The van der Waals surface area contributed by atoms with Crippen LogP contribution in [0.25, 0.3) is 10.9 Å². The number of hydrogen-bond donors (Lipinski definition) is 5. The first-order valence-corrected chi connectivity index (χ1v) is 10.4. The summed E-state index contributed by atoms with van der Waals surface area (Å²) in [6, 6.07) is 4.82. The number of nitrogens with one attached hydrogen (secondary N) is 3. The van der Waals surface area contributed by atoms with E-state index in [0.717, 1.165) is 22.2 Å². The Morgan fingerprint density at radius 1 is 1.21 bits per heavy atom. The molecule has 0 radical (unpaired) electrons. The van der Waals surface area contributed by atoms with Gasteiger partial charge in [0.1, 0.15) is 12.1 Å². The quantitative estimate of drug-likeness (QED) is 0.397. The topological polar surface area (TPSA) is 137 Å². The molecule has 8 nitrogen and oxygen atoms in total. The molecule has 28 heavy (non-hydrogen) atoms. The predicted molar refractivity (Wildman–Crippen MR) is 110 cm³/mol. The molecule has 0 aliphatic heterocycles. The van der Waals surface area contributed by atoms with Crippen LogP contribution in [0.15, 0.2) is 30.5 Å². The summed E-state index contributed by atoms with van der Waals surface area (Å²) >= 11 is 1.58. The molecular weight excluding hydrogens is 380 g/mol. The number of carboxylic acids is 1. The Balaban J connectivity index is 1.98. The zero-order valence-electron chi connectivity index (χ0n) is 15.9. The van der Waals surface area contributed by atoms with E-state index in [1.54, 1.807) is 18.0 Å². The number of nitrogens with two attached hydrogens (primary N) is 1. The van der Waals surface area contributed by atoms with Gasteiger partial charge >= 0.3 is 5.97 Å². The second kappa shape index (κ2) is 10.1. The van der Waals surface area contributed by atoms with Crippen LogP contribution in [0.2, 0.25) is 0 Å². The van der Waals surface area contributed by atoms with Crippen LogP contribution in [0.5, 0.6) is 0 Å². The molecule has 9 heteroatoms. The van der Waals surface area contributed by atoms with Crippen LogP contribution in [0.1, 0.15) is 18.9 Å². The molecule has 1 aromatic carbocycles. The van der Waals surface area contributed by atoms with E-state index in [1.807, 2.05) is 30.5 Å². The maximum Gasteiger partial charge on any atom is 0.326 e. The van der Waals surface area contributed by atoms with Crippen molar-refractivity contribution in [3.8, 4) is 0 Å².